The zero-order valence-electron chi connectivity index (χ0n) is 14.3. The van der Waals surface area contributed by atoms with Crippen LogP contribution in [0.4, 0.5) is 0 Å². The third-order valence-electron chi connectivity index (χ3n) is 4.86. The van der Waals surface area contributed by atoms with Gasteiger partial charge in [0, 0.05) is 11.3 Å². The topological polar surface area (TPSA) is 71.8 Å². The molecule has 0 amide bonds. The van der Waals surface area contributed by atoms with Gasteiger partial charge in [0.2, 0.25) is 0 Å². The Balaban J connectivity index is 2.31. The quantitative estimate of drug-likeness (QED) is 0.834. The van der Waals surface area contributed by atoms with Gasteiger partial charge in [0.25, 0.3) is 0 Å². The Labute approximate surface area is 134 Å². The second-order valence-corrected chi connectivity index (χ2v) is 12.2. The maximum absolute atomic E-state index is 9.02. The average molecular weight is 323 g/mol. The van der Waals surface area contributed by atoms with Crippen LogP contribution in [-0.2, 0) is 10.8 Å². The van der Waals surface area contributed by atoms with E-state index in [1.165, 1.54) is 0 Å². The Hall–Kier alpha value is -0.888. The molecule has 0 aromatic carbocycles. The number of fused-ring (bicyclic) bond motifs is 1. The molecule has 1 unspecified atom stereocenters. The lowest BCUT2D eigenvalue weighted by atomic mass is 10.1. The molecule has 0 bridgehead atoms. The van der Waals surface area contributed by atoms with Gasteiger partial charge >= 0.3 is 7.32 Å². The molecule has 1 aromatic heterocycles. The molecule has 0 radical (unpaired) electrons. The van der Waals surface area contributed by atoms with Crippen molar-refractivity contribution in [1.29, 1.82) is 0 Å². The number of rotatable bonds is 4. The van der Waals surface area contributed by atoms with E-state index in [-0.39, 0.29) is 11.1 Å². The summed E-state index contributed by atoms with van der Waals surface area (Å²) in [5.74, 6) is 0.402. The van der Waals surface area contributed by atoms with Crippen LogP contribution < -0.4 is 4.65 Å². The van der Waals surface area contributed by atoms with Crippen molar-refractivity contribution in [2.75, 3.05) is 0 Å². The molecule has 22 heavy (non-hydrogen) atoms. The van der Waals surface area contributed by atoms with Gasteiger partial charge in [0.05, 0.1) is 12.3 Å². The molecule has 0 saturated carbocycles. The zero-order valence-corrected chi connectivity index (χ0v) is 15.3. The van der Waals surface area contributed by atoms with E-state index in [4.69, 9.17) is 19.1 Å². The number of hydrogen-bond donors (Lipinski definition) is 2. The molecular formula is C15H26BNO4Si. The lowest BCUT2D eigenvalue weighted by molar-refractivity contribution is 0.184. The van der Waals surface area contributed by atoms with Crippen LogP contribution in [-0.4, -0.2) is 30.7 Å². The fourth-order valence-electron chi connectivity index (χ4n) is 2.57. The van der Waals surface area contributed by atoms with Crippen LogP contribution in [0.2, 0.25) is 18.1 Å². The summed E-state index contributed by atoms with van der Waals surface area (Å²) >= 11 is 0. The Kier molecular flexibility index (Phi) is 4.73. The third kappa shape index (κ3) is 3.37. The van der Waals surface area contributed by atoms with Gasteiger partial charge in [-0.1, -0.05) is 20.8 Å². The summed E-state index contributed by atoms with van der Waals surface area (Å²) in [7, 11) is -3.71. The predicted octanol–water partition coefficient (Wildman–Crippen LogP) is 2.75. The van der Waals surface area contributed by atoms with Crippen LogP contribution in [0.5, 0.6) is 5.75 Å². The molecule has 0 saturated heterocycles. The summed E-state index contributed by atoms with van der Waals surface area (Å²) in [6, 6.07) is 0. The first-order valence-corrected chi connectivity index (χ1v) is 10.6. The van der Waals surface area contributed by atoms with Crippen LogP contribution >= 0.6 is 0 Å². The summed E-state index contributed by atoms with van der Waals surface area (Å²) < 4.78 is 11.6. The van der Waals surface area contributed by atoms with Crippen LogP contribution in [0, 0.1) is 6.92 Å². The zero-order chi connectivity index (χ0) is 16.7. The molecule has 1 aliphatic carbocycles. The molecular weight excluding hydrogens is 297 g/mol. The second-order valence-electron chi connectivity index (χ2n) is 7.46. The van der Waals surface area contributed by atoms with E-state index in [9.17, 15) is 0 Å². The minimum atomic E-state index is -1.88. The average Bonchev–Trinajstić information content (AvgIpc) is 2.74. The smallest absolute Gasteiger partial charge is 0.510 e. The van der Waals surface area contributed by atoms with Gasteiger partial charge in [-0.05, 0) is 43.5 Å². The lowest BCUT2D eigenvalue weighted by Crippen LogP contribution is -2.41. The minimum Gasteiger partial charge on any atom is -0.510 e. The SMILES string of the molecule is Cc1c(OB(O)O)cnc2c1C(O[Si](C)(C)C(C)(C)C)CC2. The normalized spacial score (nSPS) is 18.3. The van der Waals surface area contributed by atoms with Crippen LogP contribution in [0.3, 0.4) is 0 Å². The lowest BCUT2D eigenvalue weighted by Gasteiger charge is -2.38. The molecule has 0 aliphatic heterocycles. The molecule has 122 valence electrons. The number of aromatic nitrogens is 1. The highest BCUT2D eigenvalue weighted by Crippen LogP contribution is 2.45. The number of pyridine rings is 1. The molecule has 7 heteroatoms. The number of hydrogen-bond acceptors (Lipinski definition) is 5. The van der Waals surface area contributed by atoms with Gasteiger partial charge in [-0.2, -0.15) is 0 Å². The van der Waals surface area contributed by atoms with Crippen molar-refractivity contribution in [2.45, 2.75) is 64.8 Å². The molecule has 1 aliphatic rings. The Bertz CT molecular complexity index is 557. The van der Waals surface area contributed by atoms with Crippen molar-refractivity contribution in [3.05, 3.63) is 23.0 Å². The summed E-state index contributed by atoms with van der Waals surface area (Å²) in [5.41, 5.74) is 2.98. The fraction of sp³-hybridized carbons (Fsp3) is 0.667. The van der Waals surface area contributed by atoms with E-state index in [0.717, 1.165) is 29.7 Å². The largest absolute Gasteiger partial charge is 0.707 e. The van der Waals surface area contributed by atoms with E-state index >= 15 is 0 Å². The molecule has 1 heterocycles. The summed E-state index contributed by atoms with van der Waals surface area (Å²) in [4.78, 5) is 4.40. The van der Waals surface area contributed by atoms with E-state index in [1.54, 1.807) is 6.20 Å². The van der Waals surface area contributed by atoms with Crippen molar-refractivity contribution in [3.8, 4) is 5.75 Å². The Morgan fingerprint density at radius 3 is 2.50 bits per heavy atom. The number of nitrogens with zero attached hydrogens (tertiary/aromatic N) is 1. The first-order valence-electron chi connectivity index (χ1n) is 7.72. The molecule has 5 nitrogen and oxygen atoms in total. The highest BCUT2D eigenvalue weighted by Gasteiger charge is 2.41. The monoisotopic (exact) mass is 323 g/mol. The second kappa shape index (κ2) is 5.96. The standard InChI is InChI=1S/C15H26BNO4Si/c1-10-13(20-16(18)19)9-17-11-7-8-12(14(10)11)21-22(5,6)15(2,3)4/h9,12,18-19H,7-8H2,1-6H3. The van der Waals surface area contributed by atoms with Crippen molar-refractivity contribution >= 4 is 15.6 Å². The first-order chi connectivity index (χ1) is 10.0. The fourth-order valence-corrected chi connectivity index (χ4v) is 3.87. The van der Waals surface area contributed by atoms with Crippen molar-refractivity contribution in [3.63, 3.8) is 0 Å². The first kappa shape index (κ1) is 17.5. The molecule has 0 spiro atoms. The van der Waals surface area contributed by atoms with Gasteiger partial charge in [-0.25, -0.2) is 0 Å². The molecule has 0 fully saturated rings. The van der Waals surface area contributed by atoms with Gasteiger partial charge < -0.3 is 19.1 Å². The maximum atomic E-state index is 9.02. The third-order valence-corrected chi connectivity index (χ3v) is 9.35. The molecule has 1 atom stereocenters. The minimum absolute atomic E-state index is 0.0165. The Morgan fingerprint density at radius 1 is 1.32 bits per heavy atom. The van der Waals surface area contributed by atoms with E-state index in [2.05, 4.69) is 38.8 Å². The van der Waals surface area contributed by atoms with E-state index in [0.29, 0.717) is 5.75 Å². The number of aryl methyl sites for hydroxylation is 1. The van der Waals surface area contributed by atoms with Gasteiger partial charge in [-0.3, -0.25) is 4.98 Å². The van der Waals surface area contributed by atoms with Crippen LogP contribution in [0.15, 0.2) is 6.20 Å². The van der Waals surface area contributed by atoms with E-state index < -0.39 is 15.6 Å². The predicted molar refractivity (Wildman–Crippen MR) is 89.1 cm³/mol. The van der Waals surface area contributed by atoms with Crippen molar-refractivity contribution in [1.82, 2.24) is 4.98 Å². The molecule has 2 rings (SSSR count). The highest BCUT2D eigenvalue weighted by atomic mass is 28.4. The maximum Gasteiger partial charge on any atom is 0.707 e. The van der Waals surface area contributed by atoms with E-state index in [1.807, 2.05) is 6.92 Å². The van der Waals surface area contributed by atoms with Crippen molar-refractivity contribution in [2.24, 2.45) is 0 Å². The molecule has 2 N–H and O–H groups in total. The van der Waals surface area contributed by atoms with Crippen LogP contribution in [0.25, 0.3) is 0 Å². The van der Waals surface area contributed by atoms with Crippen molar-refractivity contribution < 1.29 is 19.1 Å². The Morgan fingerprint density at radius 2 is 1.95 bits per heavy atom. The molecule has 1 aromatic rings. The summed E-state index contributed by atoms with van der Waals surface area (Å²) in [5, 5.41) is 18.2. The van der Waals surface area contributed by atoms with Gasteiger partial charge in [-0.15, -0.1) is 0 Å². The van der Waals surface area contributed by atoms with Crippen LogP contribution in [0.1, 0.15) is 50.1 Å². The van der Waals surface area contributed by atoms with Gasteiger partial charge in [0.15, 0.2) is 8.32 Å². The summed E-state index contributed by atoms with van der Waals surface area (Å²) in [6.45, 7) is 13.1. The highest BCUT2D eigenvalue weighted by molar-refractivity contribution is 6.74. The van der Waals surface area contributed by atoms with Gasteiger partial charge in [0.1, 0.15) is 5.75 Å². The summed E-state index contributed by atoms with van der Waals surface area (Å²) in [6.07, 6.45) is 3.38.